The van der Waals surface area contributed by atoms with Gasteiger partial charge in [-0.05, 0) is 30.7 Å². The average Bonchev–Trinajstić information content (AvgIpc) is 3.27. The smallest absolute Gasteiger partial charge is 0.303 e. The number of hydrogen-bond donors (Lipinski definition) is 1. The second-order valence-corrected chi connectivity index (χ2v) is 7.12. The standard InChI is InChI=1S/C22H23N5O4/c1-3-16(31-14(2)28)13-30-17-6-7-18-19(11-17)25-22(27-10-9-24-20(18)27)26-21(29)15-5-4-8-23-12-15/h4-8,11-12,16H,3,9-10,13H2,1-2H3,(H,25,26,29). The quantitative estimate of drug-likeness (QED) is 0.718. The Morgan fingerprint density at radius 3 is 2.90 bits per heavy atom. The Balaban J connectivity index is 1.55. The molecular weight excluding hydrogens is 398 g/mol. The van der Waals surface area contributed by atoms with Crippen LogP contribution in [0.25, 0.3) is 0 Å². The van der Waals surface area contributed by atoms with E-state index in [1.54, 1.807) is 24.4 Å². The SMILES string of the molecule is CCC(COc1ccc2c(c1)N=C(NC(=O)c1cccnc1)N1CCN=C21)OC(C)=O. The van der Waals surface area contributed by atoms with Gasteiger partial charge in [-0.2, -0.15) is 0 Å². The Labute approximate surface area is 179 Å². The van der Waals surface area contributed by atoms with E-state index in [1.807, 2.05) is 24.0 Å². The fourth-order valence-electron chi connectivity index (χ4n) is 3.37. The van der Waals surface area contributed by atoms with Gasteiger partial charge in [0.05, 0.1) is 17.8 Å². The lowest BCUT2D eigenvalue weighted by Gasteiger charge is -2.27. The first kappa shape index (κ1) is 20.5. The predicted octanol–water partition coefficient (Wildman–Crippen LogP) is 2.30. The van der Waals surface area contributed by atoms with Gasteiger partial charge in [-0.25, -0.2) is 4.99 Å². The molecule has 0 bridgehead atoms. The molecular formula is C22H23N5O4. The van der Waals surface area contributed by atoms with E-state index < -0.39 is 0 Å². The number of nitrogens with zero attached hydrogens (tertiary/aromatic N) is 4. The van der Waals surface area contributed by atoms with E-state index in [4.69, 9.17) is 9.47 Å². The van der Waals surface area contributed by atoms with Crippen LogP contribution < -0.4 is 10.1 Å². The summed E-state index contributed by atoms with van der Waals surface area (Å²) < 4.78 is 11.1. The number of guanidine groups is 1. The molecule has 2 aliphatic rings. The van der Waals surface area contributed by atoms with E-state index >= 15 is 0 Å². The fourth-order valence-corrected chi connectivity index (χ4v) is 3.37. The van der Waals surface area contributed by atoms with Crippen LogP contribution in [-0.2, 0) is 9.53 Å². The van der Waals surface area contributed by atoms with Gasteiger partial charge in [0.25, 0.3) is 5.91 Å². The largest absolute Gasteiger partial charge is 0.490 e. The molecule has 31 heavy (non-hydrogen) atoms. The third-order valence-corrected chi connectivity index (χ3v) is 4.91. The molecule has 2 aliphatic heterocycles. The van der Waals surface area contributed by atoms with Crippen LogP contribution in [0.4, 0.5) is 5.69 Å². The van der Waals surface area contributed by atoms with Gasteiger partial charge >= 0.3 is 5.97 Å². The lowest BCUT2D eigenvalue weighted by Crippen LogP contribution is -2.47. The summed E-state index contributed by atoms with van der Waals surface area (Å²) in [5, 5.41) is 2.87. The van der Waals surface area contributed by atoms with Crippen molar-refractivity contribution in [3.8, 4) is 5.75 Å². The normalized spacial score (nSPS) is 15.2. The minimum absolute atomic E-state index is 0.246. The van der Waals surface area contributed by atoms with E-state index in [1.165, 1.54) is 13.1 Å². The highest BCUT2D eigenvalue weighted by atomic mass is 16.6. The summed E-state index contributed by atoms with van der Waals surface area (Å²) in [6, 6.07) is 8.94. The molecule has 4 rings (SSSR count). The van der Waals surface area contributed by atoms with Gasteiger partial charge in [0.1, 0.15) is 24.3 Å². The molecule has 2 aromatic rings. The van der Waals surface area contributed by atoms with Crippen LogP contribution in [0.5, 0.6) is 5.75 Å². The maximum atomic E-state index is 12.6. The molecule has 160 valence electrons. The number of aromatic nitrogens is 1. The molecule has 3 heterocycles. The van der Waals surface area contributed by atoms with Crippen molar-refractivity contribution in [2.75, 3.05) is 19.7 Å². The van der Waals surface area contributed by atoms with E-state index in [0.717, 1.165) is 11.4 Å². The number of benzene rings is 1. The Morgan fingerprint density at radius 1 is 1.29 bits per heavy atom. The fraction of sp³-hybridized carbons (Fsp3) is 0.318. The number of nitrogens with one attached hydrogen (secondary N) is 1. The van der Waals surface area contributed by atoms with E-state index in [-0.39, 0.29) is 24.6 Å². The molecule has 9 heteroatoms. The van der Waals surface area contributed by atoms with Crippen LogP contribution in [0.1, 0.15) is 36.2 Å². The molecule has 0 fully saturated rings. The molecule has 9 nitrogen and oxygen atoms in total. The highest BCUT2D eigenvalue weighted by Gasteiger charge is 2.31. The van der Waals surface area contributed by atoms with E-state index in [0.29, 0.717) is 42.5 Å². The number of amides is 1. The second-order valence-electron chi connectivity index (χ2n) is 7.12. The first-order chi connectivity index (χ1) is 15.0. The third-order valence-electron chi connectivity index (χ3n) is 4.91. The summed E-state index contributed by atoms with van der Waals surface area (Å²) in [4.78, 5) is 38.9. The lowest BCUT2D eigenvalue weighted by atomic mass is 10.1. The molecule has 1 aromatic carbocycles. The molecule has 0 radical (unpaired) electrons. The van der Waals surface area contributed by atoms with Gasteiger partial charge in [0.2, 0.25) is 5.96 Å². The van der Waals surface area contributed by atoms with Crippen LogP contribution in [0.15, 0.2) is 52.7 Å². The van der Waals surface area contributed by atoms with Gasteiger partial charge in [-0.15, -0.1) is 0 Å². The van der Waals surface area contributed by atoms with Crippen molar-refractivity contribution < 1.29 is 19.1 Å². The van der Waals surface area contributed by atoms with Gasteiger partial charge < -0.3 is 9.47 Å². The van der Waals surface area contributed by atoms with Crippen molar-refractivity contribution in [3.05, 3.63) is 53.9 Å². The van der Waals surface area contributed by atoms with E-state index in [2.05, 4.69) is 20.3 Å². The Morgan fingerprint density at radius 2 is 2.16 bits per heavy atom. The summed E-state index contributed by atoms with van der Waals surface area (Å²) >= 11 is 0. The molecule has 0 spiro atoms. The lowest BCUT2D eigenvalue weighted by molar-refractivity contribution is -0.147. The molecule has 0 saturated carbocycles. The highest BCUT2D eigenvalue weighted by Crippen LogP contribution is 2.32. The first-order valence-corrected chi connectivity index (χ1v) is 10.1. The van der Waals surface area contributed by atoms with Crippen LogP contribution >= 0.6 is 0 Å². The van der Waals surface area contributed by atoms with Crippen molar-refractivity contribution in [3.63, 3.8) is 0 Å². The summed E-state index contributed by atoms with van der Waals surface area (Å²) in [5.41, 5.74) is 1.97. The van der Waals surface area contributed by atoms with Crippen LogP contribution in [0.3, 0.4) is 0 Å². The molecule has 1 N–H and O–H groups in total. The summed E-state index contributed by atoms with van der Waals surface area (Å²) in [6.45, 7) is 4.81. The predicted molar refractivity (Wildman–Crippen MR) is 115 cm³/mol. The van der Waals surface area contributed by atoms with E-state index in [9.17, 15) is 9.59 Å². The minimum Gasteiger partial charge on any atom is -0.490 e. The number of ether oxygens (including phenoxy) is 2. The van der Waals surface area contributed by atoms with Gasteiger partial charge in [-0.1, -0.05) is 6.92 Å². The maximum Gasteiger partial charge on any atom is 0.303 e. The summed E-state index contributed by atoms with van der Waals surface area (Å²) in [6.07, 6.45) is 3.45. The Hall–Kier alpha value is -3.75. The van der Waals surface area contributed by atoms with Gasteiger partial charge in [0, 0.05) is 37.5 Å². The van der Waals surface area contributed by atoms with Crippen molar-refractivity contribution in [2.24, 2.45) is 9.98 Å². The van der Waals surface area contributed by atoms with Crippen molar-refractivity contribution in [1.82, 2.24) is 15.2 Å². The third kappa shape index (κ3) is 4.55. The molecule has 0 aliphatic carbocycles. The number of hydrogen-bond acceptors (Lipinski definition) is 8. The second kappa shape index (κ2) is 8.95. The molecule has 1 unspecified atom stereocenters. The summed E-state index contributed by atoms with van der Waals surface area (Å²) in [5.74, 6) is 1.16. The van der Waals surface area contributed by atoms with Crippen molar-refractivity contribution in [1.29, 1.82) is 0 Å². The van der Waals surface area contributed by atoms with Crippen LogP contribution in [0, 0.1) is 0 Å². The van der Waals surface area contributed by atoms with Gasteiger partial charge in [-0.3, -0.25) is 29.8 Å². The highest BCUT2D eigenvalue weighted by molar-refractivity contribution is 6.19. The number of esters is 1. The Bertz CT molecular complexity index is 1050. The number of rotatable bonds is 6. The molecule has 1 amide bonds. The topological polar surface area (TPSA) is 105 Å². The van der Waals surface area contributed by atoms with Crippen LogP contribution in [-0.4, -0.2) is 59.4 Å². The van der Waals surface area contributed by atoms with Crippen LogP contribution in [0.2, 0.25) is 0 Å². The molecule has 1 aromatic heterocycles. The molecule has 0 saturated heterocycles. The molecule has 1 atom stereocenters. The van der Waals surface area contributed by atoms with Gasteiger partial charge in [0.15, 0.2) is 0 Å². The van der Waals surface area contributed by atoms with Crippen molar-refractivity contribution >= 4 is 29.4 Å². The number of pyridine rings is 1. The maximum absolute atomic E-state index is 12.6. The zero-order chi connectivity index (χ0) is 21.8. The first-order valence-electron chi connectivity index (χ1n) is 10.1. The zero-order valence-corrected chi connectivity index (χ0v) is 17.4. The number of carbonyl (C=O) groups is 2. The number of aliphatic imine (C=N–C) groups is 2. The zero-order valence-electron chi connectivity index (χ0n) is 17.4. The average molecular weight is 421 g/mol. The Kier molecular flexibility index (Phi) is 5.92. The van der Waals surface area contributed by atoms with Crippen molar-refractivity contribution in [2.45, 2.75) is 26.4 Å². The monoisotopic (exact) mass is 421 g/mol. The summed E-state index contributed by atoms with van der Waals surface area (Å²) in [7, 11) is 0. The number of amidine groups is 1. The number of fused-ring (bicyclic) bond motifs is 3. The number of carbonyl (C=O) groups excluding carboxylic acids is 2. The minimum atomic E-state index is -0.334.